The van der Waals surface area contributed by atoms with E-state index in [0.29, 0.717) is 19.0 Å². The number of carbonyl (C=O) groups excluding carboxylic acids is 2. The van der Waals surface area contributed by atoms with E-state index in [2.05, 4.69) is 24.2 Å². The second-order valence-electron chi connectivity index (χ2n) is 4.82. The molecule has 0 aliphatic carbocycles. The number of amides is 2. The Hall–Kier alpha value is -1.10. The van der Waals surface area contributed by atoms with Crippen LogP contribution in [-0.2, 0) is 9.59 Å². The summed E-state index contributed by atoms with van der Waals surface area (Å²) in [4.78, 5) is 27.3. The number of hydrogen-bond donors (Lipinski definition) is 1. The van der Waals surface area contributed by atoms with Crippen molar-refractivity contribution in [2.24, 2.45) is 5.92 Å². The molecule has 0 bridgehead atoms. The van der Waals surface area contributed by atoms with Gasteiger partial charge < -0.3 is 15.1 Å². The molecule has 5 nitrogen and oxygen atoms in total. The molecule has 2 fully saturated rings. The number of piperazine rings is 1. The lowest BCUT2D eigenvalue weighted by atomic mass is 10.1. The SMILES string of the molecule is CC1CN(C(=O)C2CNC(=O)C2)CCN1C. The highest BCUT2D eigenvalue weighted by molar-refractivity contribution is 5.89. The zero-order valence-corrected chi connectivity index (χ0v) is 9.90. The van der Waals surface area contributed by atoms with Crippen molar-refractivity contribution >= 4 is 11.8 Å². The van der Waals surface area contributed by atoms with E-state index in [4.69, 9.17) is 0 Å². The van der Waals surface area contributed by atoms with Crippen LogP contribution in [0.2, 0.25) is 0 Å². The van der Waals surface area contributed by atoms with Gasteiger partial charge in [0.2, 0.25) is 11.8 Å². The summed E-state index contributed by atoms with van der Waals surface area (Å²) in [6.45, 7) is 5.11. The summed E-state index contributed by atoms with van der Waals surface area (Å²) in [5, 5.41) is 2.71. The van der Waals surface area contributed by atoms with Crippen molar-refractivity contribution in [2.75, 3.05) is 33.2 Å². The lowest BCUT2D eigenvalue weighted by Crippen LogP contribution is -2.53. The van der Waals surface area contributed by atoms with Gasteiger partial charge in [0, 0.05) is 38.6 Å². The number of carbonyl (C=O) groups is 2. The summed E-state index contributed by atoms with van der Waals surface area (Å²) in [7, 11) is 2.08. The van der Waals surface area contributed by atoms with Crippen LogP contribution in [0.1, 0.15) is 13.3 Å². The molecule has 0 aromatic heterocycles. The first kappa shape index (κ1) is 11.4. The lowest BCUT2D eigenvalue weighted by molar-refractivity contribution is -0.138. The highest BCUT2D eigenvalue weighted by Gasteiger charge is 2.33. The number of nitrogens with one attached hydrogen (secondary N) is 1. The molecule has 2 aliphatic heterocycles. The second-order valence-corrected chi connectivity index (χ2v) is 4.82. The lowest BCUT2D eigenvalue weighted by Gasteiger charge is -2.38. The van der Waals surface area contributed by atoms with Crippen LogP contribution in [0, 0.1) is 5.92 Å². The van der Waals surface area contributed by atoms with Gasteiger partial charge in [0.1, 0.15) is 0 Å². The van der Waals surface area contributed by atoms with Crippen molar-refractivity contribution in [1.82, 2.24) is 15.1 Å². The Kier molecular flexibility index (Phi) is 3.14. The van der Waals surface area contributed by atoms with E-state index in [1.165, 1.54) is 0 Å². The van der Waals surface area contributed by atoms with E-state index < -0.39 is 0 Å². The minimum Gasteiger partial charge on any atom is -0.355 e. The van der Waals surface area contributed by atoms with Gasteiger partial charge in [0.05, 0.1) is 5.92 Å². The zero-order chi connectivity index (χ0) is 11.7. The average Bonchev–Trinajstić information content (AvgIpc) is 2.68. The molecule has 0 radical (unpaired) electrons. The zero-order valence-electron chi connectivity index (χ0n) is 9.90. The molecular formula is C11H19N3O2. The molecule has 0 saturated carbocycles. The molecule has 1 N–H and O–H groups in total. The van der Waals surface area contributed by atoms with Gasteiger partial charge in [-0.15, -0.1) is 0 Å². The molecule has 90 valence electrons. The van der Waals surface area contributed by atoms with Crippen molar-refractivity contribution in [3.63, 3.8) is 0 Å². The predicted molar refractivity (Wildman–Crippen MR) is 59.8 cm³/mol. The topological polar surface area (TPSA) is 52.7 Å². The van der Waals surface area contributed by atoms with Crippen molar-refractivity contribution in [3.05, 3.63) is 0 Å². The fourth-order valence-corrected chi connectivity index (χ4v) is 2.29. The van der Waals surface area contributed by atoms with E-state index in [-0.39, 0.29) is 17.7 Å². The minimum absolute atomic E-state index is 0.000487. The third kappa shape index (κ3) is 2.19. The number of nitrogens with zero attached hydrogens (tertiary/aromatic N) is 2. The first-order chi connectivity index (χ1) is 7.58. The normalized spacial score (nSPS) is 31.6. The average molecular weight is 225 g/mol. The summed E-state index contributed by atoms with van der Waals surface area (Å²) >= 11 is 0. The monoisotopic (exact) mass is 225 g/mol. The molecule has 2 amide bonds. The first-order valence-electron chi connectivity index (χ1n) is 5.83. The Balaban J connectivity index is 1.92. The molecule has 5 heteroatoms. The van der Waals surface area contributed by atoms with Crippen LogP contribution in [0.3, 0.4) is 0 Å². The van der Waals surface area contributed by atoms with E-state index in [0.717, 1.165) is 19.6 Å². The Morgan fingerprint density at radius 2 is 2.19 bits per heavy atom. The minimum atomic E-state index is -0.136. The van der Waals surface area contributed by atoms with E-state index in [1.807, 2.05) is 4.90 Å². The second kappa shape index (κ2) is 4.41. The molecule has 2 aliphatic rings. The Morgan fingerprint density at radius 1 is 1.44 bits per heavy atom. The molecule has 16 heavy (non-hydrogen) atoms. The van der Waals surface area contributed by atoms with E-state index >= 15 is 0 Å². The first-order valence-corrected chi connectivity index (χ1v) is 5.83. The van der Waals surface area contributed by atoms with Gasteiger partial charge in [0.25, 0.3) is 0 Å². The summed E-state index contributed by atoms with van der Waals surface area (Å²) in [5.74, 6) is 0.00179. The summed E-state index contributed by atoms with van der Waals surface area (Å²) in [5.41, 5.74) is 0. The highest BCUT2D eigenvalue weighted by Crippen LogP contribution is 2.16. The number of likely N-dealkylation sites (N-methyl/N-ethyl adjacent to an activating group) is 1. The van der Waals surface area contributed by atoms with Gasteiger partial charge in [-0.1, -0.05) is 0 Å². The molecule has 2 atom stereocenters. The Bertz CT molecular complexity index is 306. The number of hydrogen-bond acceptors (Lipinski definition) is 3. The molecule has 0 aromatic rings. The van der Waals surface area contributed by atoms with Crippen LogP contribution in [0.5, 0.6) is 0 Å². The Morgan fingerprint density at radius 3 is 2.75 bits per heavy atom. The quantitative estimate of drug-likeness (QED) is 0.641. The van der Waals surface area contributed by atoms with Gasteiger partial charge in [-0.25, -0.2) is 0 Å². The standard InChI is InChI=1S/C11H19N3O2/c1-8-7-14(4-3-13(8)2)11(16)9-5-10(15)12-6-9/h8-9H,3-7H2,1-2H3,(H,12,15). The largest absolute Gasteiger partial charge is 0.355 e. The third-order valence-electron chi connectivity index (χ3n) is 3.60. The molecule has 2 saturated heterocycles. The number of rotatable bonds is 1. The van der Waals surface area contributed by atoms with Crippen LogP contribution >= 0.6 is 0 Å². The smallest absolute Gasteiger partial charge is 0.228 e. The van der Waals surface area contributed by atoms with Crippen LogP contribution in [0.25, 0.3) is 0 Å². The maximum atomic E-state index is 12.1. The van der Waals surface area contributed by atoms with Crippen molar-refractivity contribution in [3.8, 4) is 0 Å². The maximum Gasteiger partial charge on any atom is 0.228 e. The molecule has 0 spiro atoms. The van der Waals surface area contributed by atoms with E-state index in [9.17, 15) is 9.59 Å². The van der Waals surface area contributed by atoms with Crippen LogP contribution < -0.4 is 5.32 Å². The van der Waals surface area contributed by atoms with Gasteiger partial charge in [-0.2, -0.15) is 0 Å². The van der Waals surface area contributed by atoms with E-state index in [1.54, 1.807) is 0 Å². The van der Waals surface area contributed by atoms with Gasteiger partial charge in [-0.3, -0.25) is 9.59 Å². The van der Waals surface area contributed by atoms with Gasteiger partial charge in [-0.05, 0) is 14.0 Å². The van der Waals surface area contributed by atoms with Crippen LogP contribution in [0.15, 0.2) is 0 Å². The van der Waals surface area contributed by atoms with Crippen LogP contribution in [0.4, 0.5) is 0 Å². The van der Waals surface area contributed by atoms with Crippen molar-refractivity contribution in [2.45, 2.75) is 19.4 Å². The summed E-state index contributed by atoms with van der Waals surface area (Å²) < 4.78 is 0. The van der Waals surface area contributed by atoms with Gasteiger partial charge >= 0.3 is 0 Å². The fourth-order valence-electron chi connectivity index (χ4n) is 2.29. The predicted octanol–water partition coefficient (Wildman–Crippen LogP) is -0.715. The molecule has 2 heterocycles. The summed E-state index contributed by atoms with van der Waals surface area (Å²) in [6, 6.07) is 0.405. The molecular weight excluding hydrogens is 206 g/mol. The maximum absolute atomic E-state index is 12.1. The van der Waals surface area contributed by atoms with Crippen LogP contribution in [-0.4, -0.2) is 60.9 Å². The molecule has 2 rings (SSSR count). The van der Waals surface area contributed by atoms with Gasteiger partial charge in [0.15, 0.2) is 0 Å². The highest BCUT2D eigenvalue weighted by atomic mass is 16.2. The molecule has 2 unspecified atom stereocenters. The van der Waals surface area contributed by atoms with Crippen molar-refractivity contribution < 1.29 is 9.59 Å². The third-order valence-corrected chi connectivity index (χ3v) is 3.60. The summed E-state index contributed by atoms with van der Waals surface area (Å²) in [6.07, 6.45) is 0.361. The molecule has 0 aromatic carbocycles. The van der Waals surface area contributed by atoms with Crippen molar-refractivity contribution in [1.29, 1.82) is 0 Å². The Labute approximate surface area is 95.8 Å². The fraction of sp³-hybridized carbons (Fsp3) is 0.818.